The Morgan fingerprint density at radius 3 is 2.74 bits per heavy atom. The fourth-order valence-corrected chi connectivity index (χ4v) is 4.41. The summed E-state index contributed by atoms with van der Waals surface area (Å²) in [6.07, 6.45) is 0.358. The van der Waals surface area contributed by atoms with Crippen LogP contribution in [0.15, 0.2) is 71.8 Å². The molecule has 0 saturated heterocycles. The maximum Gasteiger partial charge on any atom is 0.214 e. The average molecular weight is 435 g/mol. The second-order valence-electron chi connectivity index (χ2n) is 7.51. The van der Waals surface area contributed by atoms with Crippen LogP contribution >= 0.6 is 11.6 Å². The number of ether oxygens (including phenoxy) is 3. The Bertz CT molecular complexity index is 1150. The van der Waals surface area contributed by atoms with Crippen LogP contribution in [0.4, 0.5) is 0 Å². The lowest BCUT2D eigenvalue weighted by atomic mass is 9.95. The van der Waals surface area contributed by atoms with Crippen LogP contribution in [0.25, 0.3) is 0 Å². The zero-order valence-electron chi connectivity index (χ0n) is 17.4. The van der Waals surface area contributed by atoms with Gasteiger partial charge in [0.2, 0.25) is 6.23 Å². The van der Waals surface area contributed by atoms with E-state index in [9.17, 15) is 0 Å². The maximum atomic E-state index is 6.51. The molecule has 0 fully saturated rings. The molecule has 0 aliphatic carbocycles. The van der Waals surface area contributed by atoms with Crippen LogP contribution in [0.3, 0.4) is 0 Å². The summed E-state index contributed by atoms with van der Waals surface area (Å²) in [4.78, 5) is 0. The number of benzene rings is 3. The third kappa shape index (κ3) is 3.59. The van der Waals surface area contributed by atoms with Crippen molar-refractivity contribution in [2.24, 2.45) is 5.10 Å². The lowest BCUT2D eigenvalue weighted by molar-refractivity contribution is -0.0212. The van der Waals surface area contributed by atoms with E-state index in [1.54, 1.807) is 7.11 Å². The van der Waals surface area contributed by atoms with Crippen molar-refractivity contribution in [2.75, 3.05) is 13.7 Å². The number of halogens is 1. The number of hydrogen-bond acceptors (Lipinski definition) is 5. The van der Waals surface area contributed by atoms with Crippen LogP contribution in [-0.2, 0) is 0 Å². The van der Waals surface area contributed by atoms with E-state index >= 15 is 0 Å². The summed E-state index contributed by atoms with van der Waals surface area (Å²) < 4.78 is 17.8. The van der Waals surface area contributed by atoms with E-state index in [1.165, 1.54) is 0 Å². The van der Waals surface area contributed by atoms with Gasteiger partial charge in [-0.2, -0.15) is 5.10 Å². The highest BCUT2D eigenvalue weighted by Gasteiger charge is 2.42. The van der Waals surface area contributed by atoms with Crippen molar-refractivity contribution >= 4 is 17.3 Å². The first-order valence-corrected chi connectivity index (χ1v) is 10.7. The van der Waals surface area contributed by atoms with E-state index in [4.69, 9.17) is 30.9 Å². The van der Waals surface area contributed by atoms with Crippen LogP contribution in [0.2, 0.25) is 5.02 Å². The van der Waals surface area contributed by atoms with Gasteiger partial charge < -0.3 is 14.2 Å². The van der Waals surface area contributed by atoms with E-state index in [1.807, 2.05) is 66.5 Å². The molecule has 0 bridgehead atoms. The number of rotatable bonds is 5. The van der Waals surface area contributed by atoms with Crippen molar-refractivity contribution in [1.82, 2.24) is 5.01 Å². The van der Waals surface area contributed by atoms with Gasteiger partial charge in [-0.15, -0.1) is 0 Å². The minimum absolute atomic E-state index is 0.0364. The van der Waals surface area contributed by atoms with Gasteiger partial charge in [-0.1, -0.05) is 48.0 Å². The quantitative estimate of drug-likeness (QED) is 0.494. The Labute approximate surface area is 186 Å². The van der Waals surface area contributed by atoms with Crippen molar-refractivity contribution < 1.29 is 14.2 Å². The van der Waals surface area contributed by atoms with E-state index in [0.717, 1.165) is 46.1 Å². The van der Waals surface area contributed by atoms with Crippen LogP contribution < -0.4 is 14.2 Å². The number of hydrogen-bond donors (Lipinski definition) is 0. The Balaban J connectivity index is 1.61. The Hall–Kier alpha value is -3.18. The number of methoxy groups -OCH3 is 1. The molecule has 2 aliphatic rings. The molecule has 6 heteroatoms. The summed E-state index contributed by atoms with van der Waals surface area (Å²) in [6, 6.07) is 21.8. The predicted molar refractivity (Wildman–Crippen MR) is 121 cm³/mol. The molecule has 2 aliphatic heterocycles. The molecule has 158 valence electrons. The summed E-state index contributed by atoms with van der Waals surface area (Å²) in [6.45, 7) is 2.55. The molecular weight excluding hydrogens is 412 g/mol. The standard InChI is InChI=1S/C25H23ClN2O3/c1-3-30-23-12-6-11-20-22-15-21(16-7-5-10-19(14-16)29-2)27-28(22)25(31-24(20)23)17-8-4-9-18(26)13-17/h4-14,22,25H,3,15H2,1-2H3/t22-,25+/m1/s1. The van der Waals surface area contributed by atoms with Gasteiger partial charge >= 0.3 is 0 Å². The van der Waals surface area contributed by atoms with E-state index in [2.05, 4.69) is 12.1 Å². The minimum Gasteiger partial charge on any atom is -0.497 e. The highest BCUT2D eigenvalue weighted by atomic mass is 35.5. The van der Waals surface area contributed by atoms with Gasteiger partial charge in [-0.3, -0.25) is 0 Å². The van der Waals surface area contributed by atoms with Gasteiger partial charge in [-0.25, -0.2) is 5.01 Å². The Kier molecular flexibility index (Phi) is 5.20. The predicted octanol–water partition coefficient (Wildman–Crippen LogP) is 5.99. The molecule has 0 radical (unpaired) electrons. The number of fused-ring (bicyclic) bond motifs is 3. The largest absolute Gasteiger partial charge is 0.497 e. The van der Waals surface area contributed by atoms with Crippen molar-refractivity contribution in [3.05, 3.63) is 88.4 Å². The Morgan fingerprint density at radius 2 is 1.94 bits per heavy atom. The van der Waals surface area contributed by atoms with Gasteiger partial charge in [0, 0.05) is 28.1 Å². The SMILES string of the molecule is CCOc1cccc2c1O[C@@H](c1cccc(Cl)c1)N1N=C(c3cccc(OC)c3)C[C@H]21. The molecule has 5 rings (SSSR count). The zero-order valence-corrected chi connectivity index (χ0v) is 18.2. The molecule has 3 aromatic rings. The van der Waals surface area contributed by atoms with Gasteiger partial charge in [0.1, 0.15) is 5.75 Å². The first-order chi connectivity index (χ1) is 15.2. The van der Waals surface area contributed by atoms with Crippen LogP contribution in [0.1, 0.15) is 42.3 Å². The van der Waals surface area contributed by atoms with Gasteiger partial charge in [0.15, 0.2) is 11.5 Å². The van der Waals surface area contributed by atoms with Gasteiger partial charge in [-0.05, 0) is 37.3 Å². The van der Waals surface area contributed by atoms with Crippen molar-refractivity contribution in [1.29, 1.82) is 0 Å². The highest BCUT2D eigenvalue weighted by molar-refractivity contribution is 6.30. The number of para-hydroxylation sites is 1. The third-order valence-corrected chi connectivity index (χ3v) is 5.85. The monoisotopic (exact) mass is 434 g/mol. The summed E-state index contributed by atoms with van der Waals surface area (Å²) in [5.74, 6) is 2.34. The highest BCUT2D eigenvalue weighted by Crippen LogP contribution is 2.50. The molecular formula is C25H23ClN2O3. The fraction of sp³-hybridized carbons (Fsp3) is 0.240. The van der Waals surface area contributed by atoms with Crippen LogP contribution in [-0.4, -0.2) is 24.4 Å². The molecule has 0 aromatic heterocycles. The molecule has 0 N–H and O–H groups in total. The molecule has 0 saturated carbocycles. The van der Waals surface area contributed by atoms with Crippen molar-refractivity contribution in [2.45, 2.75) is 25.6 Å². The first kappa shape index (κ1) is 19.8. The van der Waals surface area contributed by atoms with Crippen molar-refractivity contribution in [3.8, 4) is 17.2 Å². The van der Waals surface area contributed by atoms with E-state index in [-0.39, 0.29) is 6.04 Å². The molecule has 5 nitrogen and oxygen atoms in total. The third-order valence-electron chi connectivity index (χ3n) is 5.62. The minimum atomic E-state index is -0.402. The second kappa shape index (κ2) is 8.16. The number of hydrazone groups is 1. The van der Waals surface area contributed by atoms with Crippen LogP contribution in [0, 0.1) is 0 Å². The summed E-state index contributed by atoms with van der Waals surface area (Å²) in [5.41, 5.74) is 4.06. The van der Waals surface area contributed by atoms with Gasteiger partial charge in [0.05, 0.1) is 25.5 Å². The lowest BCUT2D eigenvalue weighted by Gasteiger charge is -2.38. The first-order valence-electron chi connectivity index (χ1n) is 10.4. The maximum absolute atomic E-state index is 6.51. The summed E-state index contributed by atoms with van der Waals surface area (Å²) in [5, 5.41) is 7.71. The molecule has 0 amide bonds. The molecule has 31 heavy (non-hydrogen) atoms. The average Bonchev–Trinajstić information content (AvgIpc) is 3.25. The zero-order chi connectivity index (χ0) is 21.4. The van der Waals surface area contributed by atoms with E-state index < -0.39 is 6.23 Å². The number of nitrogens with zero attached hydrogens (tertiary/aromatic N) is 2. The molecule has 2 heterocycles. The Morgan fingerprint density at radius 1 is 1.10 bits per heavy atom. The lowest BCUT2D eigenvalue weighted by Crippen LogP contribution is -2.33. The summed E-state index contributed by atoms with van der Waals surface area (Å²) >= 11 is 6.30. The van der Waals surface area contributed by atoms with Crippen molar-refractivity contribution in [3.63, 3.8) is 0 Å². The molecule has 0 spiro atoms. The molecule has 3 aromatic carbocycles. The fourth-order valence-electron chi connectivity index (χ4n) is 4.21. The summed E-state index contributed by atoms with van der Waals surface area (Å²) in [7, 11) is 1.67. The smallest absolute Gasteiger partial charge is 0.214 e. The van der Waals surface area contributed by atoms with E-state index in [0.29, 0.717) is 11.6 Å². The molecule has 0 unspecified atom stereocenters. The van der Waals surface area contributed by atoms with Gasteiger partial charge in [0.25, 0.3) is 0 Å². The normalized spacial score (nSPS) is 19.2. The molecule has 2 atom stereocenters. The van der Waals surface area contributed by atoms with Crippen LogP contribution in [0.5, 0.6) is 17.2 Å². The topological polar surface area (TPSA) is 43.3 Å². The second-order valence-corrected chi connectivity index (χ2v) is 7.95.